The van der Waals surface area contributed by atoms with Gasteiger partial charge in [0.2, 0.25) is 0 Å². The number of fused-ring (bicyclic) bond motifs is 1. The van der Waals surface area contributed by atoms with Crippen molar-refractivity contribution in [1.82, 2.24) is 4.98 Å². The summed E-state index contributed by atoms with van der Waals surface area (Å²) >= 11 is 1.73. The highest BCUT2D eigenvalue weighted by molar-refractivity contribution is 7.21. The van der Waals surface area contributed by atoms with E-state index in [-0.39, 0.29) is 0 Å². The van der Waals surface area contributed by atoms with Crippen LogP contribution in [-0.4, -0.2) is 18.2 Å². The van der Waals surface area contributed by atoms with Crippen molar-refractivity contribution >= 4 is 27.8 Å². The fraction of sp³-hybridized carbons (Fsp3) is 0.125. The van der Waals surface area contributed by atoms with Crippen LogP contribution in [0.4, 0.5) is 0 Å². The molecule has 0 bridgehead atoms. The van der Waals surface area contributed by atoms with Gasteiger partial charge in [0.25, 0.3) is 0 Å². The fourth-order valence-corrected chi connectivity index (χ4v) is 2.94. The summed E-state index contributed by atoms with van der Waals surface area (Å²) in [6.45, 7) is 2.10. The monoisotopic (exact) mass is 266 g/mol. The average molecular weight is 266 g/mol. The molecular formula is C16H14N2S. The van der Waals surface area contributed by atoms with Crippen LogP contribution in [0.5, 0.6) is 0 Å². The molecule has 94 valence electrons. The van der Waals surface area contributed by atoms with E-state index in [1.165, 1.54) is 15.8 Å². The molecule has 2 aromatic carbocycles. The van der Waals surface area contributed by atoms with Crippen molar-refractivity contribution in [3.05, 3.63) is 53.6 Å². The van der Waals surface area contributed by atoms with Crippen molar-refractivity contribution in [1.29, 1.82) is 0 Å². The van der Waals surface area contributed by atoms with Gasteiger partial charge in [-0.05, 0) is 24.6 Å². The van der Waals surface area contributed by atoms with Crippen LogP contribution in [0.1, 0.15) is 11.1 Å². The summed E-state index contributed by atoms with van der Waals surface area (Å²) in [6, 6.07) is 14.8. The molecule has 3 rings (SSSR count). The van der Waals surface area contributed by atoms with Gasteiger partial charge in [-0.25, -0.2) is 4.98 Å². The predicted molar refractivity (Wildman–Crippen MR) is 83.3 cm³/mol. The lowest BCUT2D eigenvalue weighted by Crippen LogP contribution is -1.80. The molecule has 0 saturated heterocycles. The van der Waals surface area contributed by atoms with Gasteiger partial charge in [-0.15, -0.1) is 11.3 Å². The molecule has 0 saturated carbocycles. The molecule has 3 aromatic rings. The molecule has 0 N–H and O–H groups in total. The summed E-state index contributed by atoms with van der Waals surface area (Å²) in [5.74, 6) is 0. The van der Waals surface area contributed by atoms with Gasteiger partial charge in [0.15, 0.2) is 0 Å². The second-order valence-electron chi connectivity index (χ2n) is 4.50. The Bertz CT molecular complexity index is 739. The Labute approximate surface area is 116 Å². The molecule has 1 aromatic heterocycles. The maximum absolute atomic E-state index is 4.71. The van der Waals surface area contributed by atoms with E-state index in [0.29, 0.717) is 0 Å². The third-order valence-electron chi connectivity index (χ3n) is 2.99. The highest BCUT2D eigenvalue weighted by atomic mass is 32.1. The number of aryl methyl sites for hydroxylation is 1. The van der Waals surface area contributed by atoms with Crippen molar-refractivity contribution in [2.45, 2.75) is 6.92 Å². The zero-order valence-electron chi connectivity index (χ0n) is 10.9. The van der Waals surface area contributed by atoms with Gasteiger partial charge >= 0.3 is 0 Å². The quantitative estimate of drug-likeness (QED) is 0.634. The molecule has 0 amide bonds. The Morgan fingerprint density at radius 3 is 2.63 bits per heavy atom. The highest BCUT2D eigenvalue weighted by Crippen LogP contribution is 2.30. The van der Waals surface area contributed by atoms with E-state index in [1.54, 1.807) is 18.4 Å². The number of thiazole rings is 1. The lowest BCUT2D eigenvalue weighted by atomic mass is 10.2. The van der Waals surface area contributed by atoms with E-state index in [0.717, 1.165) is 16.1 Å². The molecule has 0 aliphatic heterocycles. The van der Waals surface area contributed by atoms with Crippen LogP contribution in [0.2, 0.25) is 0 Å². The molecule has 19 heavy (non-hydrogen) atoms. The number of aliphatic imine (C=N–C) groups is 1. The van der Waals surface area contributed by atoms with Crippen molar-refractivity contribution < 1.29 is 0 Å². The Morgan fingerprint density at radius 1 is 1.11 bits per heavy atom. The Hall–Kier alpha value is -2.00. The molecule has 2 nitrogen and oxygen atoms in total. The molecule has 0 atom stereocenters. The zero-order valence-corrected chi connectivity index (χ0v) is 11.7. The highest BCUT2D eigenvalue weighted by Gasteiger charge is 2.06. The summed E-state index contributed by atoms with van der Waals surface area (Å²) in [7, 11) is 1.78. The summed E-state index contributed by atoms with van der Waals surface area (Å²) < 4.78 is 1.21. The lowest BCUT2D eigenvalue weighted by molar-refractivity contribution is 1.43. The predicted octanol–water partition coefficient (Wildman–Crippen LogP) is 4.32. The first-order valence-corrected chi connectivity index (χ1v) is 6.98. The average Bonchev–Trinajstić information content (AvgIpc) is 2.83. The third-order valence-corrected chi connectivity index (χ3v) is 4.07. The second kappa shape index (κ2) is 4.94. The van der Waals surface area contributed by atoms with Crippen molar-refractivity contribution in [2.75, 3.05) is 7.05 Å². The molecular weight excluding hydrogens is 252 g/mol. The maximum Gasteiger partial charge on any atom is 0.124 e. The zero-order chi connectivity index (χ0) is 13.2. The number of nitrogens with zero attached hydrogens (tertiary/aromatic N) is 2. The largest absolute Gasteiger partial charge is 0.296 e. The van der Waals surface area contributed by atoms with E-state index >= 15 is 0 Å². The van der Waals surface area contributed by atoms with Gasteiger partial charge < -0.3 is 0 Å². The number of hydrogen-bond donors (Lipinski definition) is 0. The van der Waals surface area contributed by atoms with Crippen molar-refractivity contribution in [2.24, 2.45) is 4.99 Å². The summed E-state index contributed by atoms with van der Waals surface area (Å²) in [5.41, 5.74) is 4.58. The van der Waals surface area contributed by atoms with Gasteiger partial charge in [0.1, 0.15) is 5.01 Å². The van der Waals surface area contributed by atoms with E-state index in [1.807, 2.05) is 6.21 Å². The van der Waals surface area contributed by atoms with Gasteiger partial charge in [0, 0.05) is 18.8 Å². The first kappa shape index (κ1) is 12.1. The first-order valence-electron chi connectivity index (χ1n) is 6.16. The Morgan fingerprint density at radius 2 is 1.89 bits per heavy atom. The molecule has 1 heterocycles. The molecule has 0 unspecified atom stereocenters. The Kier molecular flexibility index (Phi) is 3.13. The topological polar surface area (TPSA) is 25.2 Å². The fourth-order valence-electron chi connectivity index (χ4n) is 1.99. The van der Waals surface area contributed by atoms with Gasteiger partial charge in [-0.1, -0.05) is 35.9 Å². The number of aromatic nitrogens is 1. The number of rotatable bonds is 2. The maximum atomic E-state index is 4.71. The smallest absolute Gasteiger partial charge is 0.124 e. The van der Waals surface area contributed by atoms with Crippen LogP contribution in [0.25, 0.3) is 20.8 Å². The minimum Gasteiger partial charge on any atom is -0.296 e. The molecule has 0 aliphatic rings. The first-order chi connectivity index (χ1) is 9.26. The minimum absolute atomic E-state index is 1.04. The lowest BCUT2D eigenvalue weighted by Gasteiger charge is -1.95. The molecule has 0 spiro atoms. The van der Waals surface area contributed by atoms with E-state index in [9.17, 15) is 0 Å². The summed E-state index contributed by atoms with van der Waals surface area (Å²) in [4.78, 5) is 8.75. The van der Waals surface area contributed by atoms with Crippen LogP contribution < -0.4 is 0 Å². The van der Waals surface area contributed by atoms with Crippen molar-refractivity contribution in [3.8, 4) is 10.6 Å². The molecule has 0 fully saturated rings. The SMILES string of the molecule is C/N=C/c1ccc2sc(-c3ccc(C)cc3)nc2c1. The second-order valence-corrected chi connectivity index (χ2v) is 5.53. The molecule has 3 heteroatoms. The van der Waals surface area contributed by atoms with E-state index in [2.05, 4.69) is 54.4 Å². The standard InChI is InChI=1S/C16H14N2S/c1-11-3-6-13(7-4-11)16-18-14-9-12(10-17-2)5-8-15(14)19-16/h3-10H,1-2H3/b17-10+. The van der Waals surface area contributed by atoms with E-state index in [4.69, 9.17) is 4.98 Å². The van der Waals surface area contributed by atoms with Crippen LogP contribution in [-0.2, 0) is 0 Å². The van der Waals surface area contributed by atoms with Gasteiger partial charge in [-0.2, -0.15) is 0 Å². The Balaban J connectivity index is 2.08. The number of benzene rings is 2. The molecule has 0 radical (unpaired) electrons. The van der Waals surface area contributed by atoms with Crippen LogP contribution >= 0.6 is 11.3 Å². The van der Waals surface area contributed by atoms with Gasteiger partial charge in [0.05, 0.1) is 10.2 Å². The summed E-state index contributed by atoms with van der Waals surface area (Å²) in [5, 5.41) is 1.07. The normalized spacial score (nSPS) is 11.5. The van der Waals surface area contributed by atoms with Crippen LogP contribution in [0, 0.1) is 6.92 Å². The van der Waals surface area contributed by atoms with Gasteiger partial charge in [-0.3, -0.25) is 4.99 Å². The number of hydrogen-bond acceptors (Lipinski definition) is 3. The summed E-state index contributed by atoms with van der Waals surface area (Å²) in [6.07, 6.45) is 1.85. The third kappa shape index (κ3) is 2.42. The minimum atomic E-state index is 1.04. The van der Waals surface area contributed by atoms with Crippen LogP contribution in [0.3, 0.4) is 0 Å². The molecule has 0 aliphatic carbocycles. The van der Waals surface area contributed by atoms with E-state index < -0.39 is 0 Å². The van der Waals surface area contributed by atoms with Crippen LogP contribution in [0.15, 0.2) is 47.5 Å². The van der Waals surface area contributed by atoms with Crippen molar-refractivity contribution in [3.63, 3.8) is 0 Å².